The van der Waals surface area contributed by atoms with Gasteiger partial charge in [0, 0.05) is 17.8 Å². The van der Waals surface area contributed by atoms with Crippen LogP contribution in [0.4, 0.5) is 18.9 Å². The summed E-state index contributed by atoms with van der Waals surface area (Å²) in [5, 5.41) is 11.4. The topological polar surface area (TPSA) is 49.3 Å². The lowest BCUT2D eigenvalue weighted by molar-refractivity contribution is 0.102. The molecule has 0 heterocycles. The largest absolute Gasteiger partial charge is 0.507 e. The zero-order valence-electron chi connectivity index (χ0n) is 9.75. The van der Waals surface area contributed by atoms with Gasteiger partial charge in [0.2, 0.25) is 0 Å². The Balaban J connectivity index is 2.31. The molecule has 0 bridgehead atoms. The smallest absolute Gasteiger partial charge is 0.262 e. The first-order valence-electron chi connectivity index (χ1n) is 5.33. The van der Waals surface area contributed by atoms with Crippen LogP contribution in [0.25, 0.3) is 0 Å². The average molecular weight is 302 g/mol. The summed E-state index contributed by atoms with van der Waals surface area (Å²) < 4.78 is 39.2. The number of hydrogen-bond donors (Lipinski definition) is 2. The summed E-state index contributed by atoms with van der Waals surface area (Å²) >= 11 is 5.53. The van der Waals surface area contributed by atoms with E-state index in [-0.39, 0.29) is 10.7 Å². The molecular weight excluding hydrogens is 295 g/mol. The van der Waals surface area contributed by atoms with E-state index in [4.69, 9.17) is 11.6 Å². The van der Waals surface area contributed by atoms with E-state index in [9.17, 15) is 23.1 Å². The van der Waals surface area contributed by atoms with Crippen LogP contribution in [0.5, 0.6) is 5.75 Å². The van der Waals surface area contributed by atoms with Crippen molar-refractivity contribution in [3.8, 4) is 5.75 Å². The Morgan fingerprint density at radius 3 is 2.40 bits per heavy atom. The minimum absolute atomic E-state index is 0.101. The Bertz CT molecular complexity index is 668. The number of nitrogens with one attached hydrogen (secondary N) is 1. The highest BCUT2D eigenvalue weighted by Gasteiger charge is 2.18. The number of hydrogen-bond acceptors (Lipinski definition) is 2. The van der Waals surface area contributed by atoms with Gasteiger partial charge in [-0.1, -0.05) is 11.6 Å². The van der Waals surface area contributed by atoms with Crippen LogP contribution in [0.3, 0.4) is 0 Å². The van der Waals surface area contributed by atoms with Crippen LogP contribution < -0.4 is 5.32 Å². The van der Waals surface area contributed by atoms with Crippen LogP contribution in [-0.4, -0.2) is 11.0 Å². The van der Waals surface area contributed by atoms with Crippen LogP contribution in [0, 0.1) is 17.5 Å². The lowest BCUT2D eigenvalue weighted by atomic mass is 10.1. The highest BCUT2D eigenvalue weighted by molar-refractivity contribution is 6.31. The van der Waals surface area contributed by atoms with Crippen molar-refractivity contribution < 1.29 is 23.1 Å². The third-order valence-corrected chi connectivity index (χ3v) is 2.73. The summed E-state index contributed by atoms with van der Waals surface area (Å²) in [6.07, 6.45) is 0. The lowest BCUT2D eigenvalue weighted by Gasteiger charge is -2.08. The molecule has 0 saturated carbocycles. The standard InChI is InChI=1S/C13H7ClF3NO2/c14-8-5-7(1-2-9(8)16)18-13(20)12-10(17)3-6(15)4-11(12)19/h1-5,19H,(H,18,20). The third-order valence-electron chi connectivity index (χ3n) is 2.44. The molecule has 3 nitrogen and oxygen atoms in total. The summed E-state index contributed by atoms with van der Waals surface area (Å²) in [4.78, 5) is 11.8. The summed E-state index contributed by atoms with van der Waals surface area (Å²) in [7, 11) is 0. The fourth-order valence-corrected chi connectivity index (χ4v) is 1.73. The summed E-state index contributed by atoms with van der Waals surface area (Å²) in [5.41, 5.74) is -0.614. The monoisotopic (exact) mass is 301 g/mol. The van der Waals surface area contributed by atoms with Crippen LogP contribution in [0.2, 0.25) is 5.02 Å². The molecule has 1 amide bonds. The van der Waals surface area contributed by atoms with E-state index in [0.717, 1.165) is 12.1 Å². The molecule has 0 aromatic heterocycles. The molecule has 2 rings (SSSR count). The van der Waals surface area contributed by atoms with Crippen molar-refractivity contribution in [2.45, 2.75) is 0 Å². The quantitative estimate of drug-likeness (QED) is 0.888. The Kier molecular flexibility index (Phi) is 3.85. The summed E-state index contributed by atoms with van der Waals surface area (Å²) in [6, 6.07) is 4.41. The van der Waals surface area contributed by atoms with Crippen LogP contribution in [-0.2, 0) is 0 Å². The van der Waals surface area contributed by atoms with Gasteiger partial charge in [-0.3, -0.25) is 4.79 Å². The molecule has 0 spiro atoms. The number of phenols is 1. The fourth-order valence-electron chi connectivity index (χ4n) is 1.55. The van der Waals surface area contributed by atoms with Gasteiger partial charge in [0.25, 0.3) is 5.91 Å². The van der Waals surface area contributed by atoms with Gasteiger partial charge in [-0.25, -0.2) is 13.2 Å². The predicted molar refractivity (Wildman–Crippen MR) is 67.4 cm³/mol. The first-order chi connectivity index (χ1) is 9.38. The maximum Gasteiger partial charge on any atom is 0.262 e. The van der Waals surface area contributed by atoms with Crippen LogP contribution >= 0.6 is 11.6 Å². The van der Waals surface area contributed by atoms with Gasteiger partial charge in [-0.2, -0.15) is 0 Å². The average Bonchev–Trinajstić information content (AvgIpc) is 2.32. The summed E-state index contributed by atoms with van der Waals surface area (Å²) in [6.45, 7) is 0. The van der Waals surface area contributed by atoms with Gasteiger partial charge < -0.3 is 10.4 Å². The van der Waals surface area contributed by atoms with Crippen molar-refractivity contribution in [1.82, 2.24) is 0 Å². The minimum atomic E-state index is -1.21. The second-order valence-corrected chi connectivity index (χ2v) is 4.27. The number of phenolic OH excluding ortho intramolecular Hbond substituents is 1. The SMILES string of the molecule is O=C(Nc1ccc(F)c(Cl)c1)c1c(O)cc(F)cc1F. The number of carbonyl (C=O) groups excluding carboxylic acids is 1. The molecule has 20 heavy (non-hydrogen) atoms. The van der Waals surface area contributed by atoms with Crippen molar-refractivity contribution in [2.24, 2.45) is 0 Å². The molecule has 0 atom stereocenters. The van der Waals surface area contributed by atoms with Gasteiger partial charge in [-0.15, -0.1) is 0 Å². The molecule has 7 heteroatoms. The Morgan fingerprint density at radius 2 is 1.80 bits per heavy atom. The molecule has 0 aliphatic carbocycles. The van der Waals surface area contributed by atoms with E-state index in [1.807, 2.05) is 0 Å². The van der Waals surface area contributed by atoms with Crippen molar-refractivity contribution in [3.63, 3.8) is 0 Å². The molecule has 2 N–H and O–H groups in total. The van der Waals surface area contributed by atoms with E-state index in [2.05, 4.69) is 5.32 Å². The van der Waals surface area contributed by atoms with Crippen molar-refractivity contribution in [3.05, 3.63) is 58.4 Å². The molecule has 0 saturated heterocycles. The van der Waals surface area contributed by atoms with Gasteiger partial charge >= 0.3 is 0 Å². The lowest BCUT2D eigenvalue weighted by Crippen LogP contribution is -2.14. The first-order valence-corrected chi connectivity index (χ1v) is 5.70. The van der Waals surface area contributed by atoms with E-state index in [0.29, 0.717) is 12.1 Å². The maximum atomic E-state index is 13.5. The second kappa shape index (κ2) is 5.42. The number of amides is 1. The minimum Gasteiger partial charge on any atom is -0.507 e. The van der Waals surface area contributed by atoms with Crippen LogP contribution in [0.1, 0.15) is 10.4 Å². The van der Waals surface area contributed by atoms with E-state index < -0.39 is 34.7 Å². The molecule has 104 valence electrons. The normalized spacial score (nSPS) is 10.4. The maximum absolute atomic E-state index is 13.5. The number of anilines is 1. The number of aromatic hydroxyl groups is 1. The van der Waals surface area contributed by atoms with Crippen molar-refractivity contribution in [2.75, 3.05) is 5.32 Å². The highest BCUT2D eigenvalue weighted by Crippen LogP contribution is 2.24. The van der Waals surface area contributed by atoms with Gasteiger partial charge in [0.15, 0.2) is 0 Å². The zero-order chi connectivity index (χ0) is 14.9. The Hall–Kier alpha value is -2.21. The Morgan fingerprint density at radius 1 is 1.10 bits per heavy atom. The number of rotatable bonds is 2. The van der Waals surface area contributed by atoms with Gasteiger partial charge in [0.1, 0.15) is 28.8 Å². The zero-order valence-corrected chi connectivity index (χ0v) is 10.5. The first kappa shape index (κ1) is 14.2. The van der Waals surface area contributed by atoms with E-state index >= 15 is 0 Å². The molecule has 0 radical (unpaired) electrons. The molecule has 2 aromatic carbocycles. The molecule has 2 aromatic rings. The number of carbonyl (C=O) groups is 1. The molecular formula is C13H7ClF3NO2. The predicted octanol–water partition coefficient (Wildman–Crippen LogP) is 3.72. The highest BCUT2D eigenvalue weighted by atomic mass is 35.5. The Labute approximate surface area is 116 Å². The molecule has 0 fully saturated rings. The molecule has 0 unspecified atom stereocenters. The van der Waals surface area contributed by atoms with E-state index in [1.165, 1.54) is 6.07 Å². The van der Waals surface area contributed by atoms with Gasteiger partial charge in [0.05, 0.1) is 5.02 Å². The number of benzene rings is 2. The fraction of sp³-hybridized carbons (Fsp3) is 0. The molecule has 0 aliphatic heterocycles. The van der Waals surface area contributed by atoms with Gasteiger partial charge in [-0.05, 0) is 18.2 Å². The van der Waals surface area contributed by atoms with Crippen molar-refractivity contribution >= 4 is 23.2 Å². The van der Waals surface area contributed by atoms with Crippen LogP contribution in [0.15, 0.2) is 30.3 Å². The summed E-state index contributed by atoms with van der Waals surface area (Å²) in [5.74, 6) is -4.76. The second-order valence-electron chi connectivity index (χ2n) is 3.86. The number of halogens is 4. The molecule has 0 aliphatic rings. The third kappa shape index (κ3) is 2.85. The van der Waals surface area contributed by atoms with E-state index in [1.54, 1.807) is 0 Å². The van der Waals surface area contributed by atoms with Crippen molar-refractivity contribution in [1.29, 1.82) is 0 Å².